The zero-order valence-corrected chi connectivity index (χ0v) is 10.6. The van der Waals surface area contributed by atoms with Gasteiger partial charge in [-0.3, -0.25) is 4.79 Å². The van der Waals surface area contributed by atoms with Crippen molar-refractivity contribution in [3.05, 3.63) is 46.5 Å². The van der Waals surface area contributed by atoms with Gasteiger partial charge in [0.05, 0.1) is 10.7 Å². The number of carbonyl (C=O) groups is 1. The number of benzene rings is 1. The molecule has 3 nitrogen and oxygen atoms in total. The Balaban J connectivity index is 2.85. The zero-order chi connectivity index (χ0) is 12.8. The lowest BCUT2D eigenvalue weighted by Crippen LogP contribution is -2.07. The second-order valence-electron chi connectivity index (χ2n) is 3.16. The van der Waals surface area contributed by atoms with Crippen molar-refractivity contribution in [1.82, 2.24) is 0 Å². The molecule has 0 bridgehead atoms. The summed E-state index contributed by atoms with van der Waals surface area (Å²) in [6.45, 7) is 1.84. The molecule has 0 spiro atoms. The molecule has 1 amide bonds. The quantitative estimate of drug-likeness (QED) is 0.500. The molecule has 0 saturated heterocycles. The molecule has 0 aliphatic rings. The maximum atomic E-state index is 11.4. The van der Waals surface area contributed by atoms with E-state index in [4.69, 9.17) is 23.2 Å². The third-order valence-electron chi connectivity index (χ3n) is 1.84. The van der Waals surface area contributed by atoms with E-state index in [-0.39, 0.29) is 22.4 Å². The molecule has 0 saturated carbocycles. The van der Waals surface area contributed by atoms with Gasteiger partial charge >= 0.3 is 0 Å². The topological polar surface area (TPSA) is 49.3 Å². The molecule has 1 rings (SSSR count). The van der Waals surface area contributed by atoms with Crippen molar-refractivity contribution in [3.8, 4) is 5.75 Å². The first-order valence-corrected chi connectivity index (χ1v) is 5.58. The van der Waals surface area contributed by atoms with Gasteiger partial charge in [-0.15, -0.1) is 0 Å². The van der Waals surface area contributed by atoms with E-state index in [0.29, 0.717) is 5.02 Å². The van der Waals surface area contributed by atoms with Crippen molar-refractivity contribution in [3.63, 3.8) is 0 Å². The number of halogens is 2. The second-order valence-corrected chi connectivity index (χ2v) is 4.00. The number of nitrogens with one attached hydrogen (secondary N) is 1. The number of allylic oxidation sites excluding steroid dienone is 3. The lowest BCUT2D eigenvalue weighted by molar-refractivity contribution is -0.111. The van der Waals surface area contributed by atoms with Gasteiger partial charge in [0.2, 0.25) is 5.91 Å². The molecular weight excluding hydrogens is 261 g/mol. The maximum absolute atomic E-state index is 11.4. The monoisotopic (exact) mass is 271 g/mol. The van der Waals surface area contributed by atoms with Crippen LogP contribution in [0.15, 0.2) is 36.4 Å². The number of anilines is 1. The zero-order valence-electron chi connectivity index (χ0n) is 9.08. The van der Waals surface area contributed by atoms with Gasteiger partial charge in [-0.25, -0.2) is 0 Å². The molecule has 0 atom stereocenters. The first-order chi connectivity index (χ1) is 8.04. The van der Waals surface area contributed by atoms with Gasteiger partial charge in [0.1, 0.15) is 0 Å². The van der Waals surface area contributed by atoms with Gasteiger partial charge in [0.25, 0.3) is 0 Å². The minimum atomic E-state index is -0.378. The highest BCUT2D eigenvalue weighted by molar-refractivity contribution is 6.36. The molecular formula is C12H11Cl2NO2. The van der Waals surface area contributed by atoms with Gasteiger partial charge in [-0.05, 0) is 19.1 Å². The van der Waals surface area contributed by atoms with Crippen molar-refractivity contribution in [1.29, 1.82) is 0 Å². The fourth-order valence-electron chi connectivity index (χ4n) is 1.09. The summed E-state index contributed by atoms with van der Waals surface area (Å²) in [5.41, 5.74) is 0.178. The highest BCUT2D eigenvalue weighted by atomic mass is 35.5. The molecule has 5 heteroatoms. The van der Waals surface area contributed by atoms with Gasteiger partial charge in [0, 0.05) is 11.1 Å². The Labute approximate surface area is 109 Å². The van der Waals surface area contributed by atoms with Crippen LogP contribution in [0.1, 0.15) is 6.92 Å². The van der Waals surface area contributed by atoms with E-state index in [1.165, 1.54) is 18.2 Å². The van der Waals surface area contributed by atoms with Gasteiger partial charge < -0.3 is 10.4 Å². The lowest BCUT2D eigenvalue weighted by Gasteiger charge is -2.07. The van der Waals surface area contributed by atoms with Crippen LogP contribution in [0, 0.1) is 0 Å². The molecule has 2 N–H and O–H groups in total. The Kier molecular flexibility index (Phi) is 5.07. The van der Waals surface area contributed by atoms with Gasteiger partial charge in [-0.2, -0.15) is 0 Å². The Morgan fingerprint density at radius 3 is 2.71 bits per heavy atom. The molecule has 0 heterocycles. The highest BCUT2D eigenvalue weighted by Gasteiger charge is 2.09. The van der Waals surface area contributed by atoms with Crippen LogP contribution >= 0.6 is 23.2 Å². The third kappa shape index (κ3) is 4.13. The largest absolute Gasteiger partial charge is 0.504 e. The Morgan fingerprint density at radius 2 is 2.06 bits per heavy atom. The lowest BCUT2D eigenvalue weighted by atomic mass is 10.3. The first kappa shape index (κ1) is 13.6. The number of hydrogen-bond donors (Lipinski definition) is 2. The normalized spacial score (nSPS) is 11.2. The van der Waals surface area contributed by atoms with E-state index >= 15 is 0 Å². The molecule has 1 aromatic carbocycles. The maximum Gasteiger partial charge on any atom is 0.248 e. The van der Waals surface area contributed by atoms with Gasteiger partial charge in [0.15, 0.2) is 5.75 Å². The van der Waals surface area contributed by atoms with Crippen LogP contribution in [0.2, 0.25) is 10.0 Å². The molecule has 0 aliphatic heterocycles. The second kappa shape index (κ2) is 6.33. The van der Waals surface area contributed by atoms with Crippen molar-refractivity contribution in [2.75, 3.05) is 5.32 Å². The minimum Gasteiger partial charge on any atom is -0.504 e. The van der Waals surface area contributed by atoms with E-state index < -0.39 is 0 Å². The predicted octanol–water partition coefficient (Wildman–Crippen LogP) is 3.77. The number of carbonyl (C=O) groups excluding carboxylic acids is 1. The fraction of sp³-hybridized carbons (Fsp3) is 0.0833. The summed E-state index contributed by atoms with van der Waals surface area (Å²) >= 11 is 11.5. The molecule has 0 fully saturated rings. The van der Waals surface area contributed by atoms with Crippen LogP contribution < -0.4 is 5.32 Å². The fourth-order valence-corrected chi connectivity index (χ4v) is 1.58. The van der Waals surface area contributed by atoms with Gasteiger partial charge in [-0.1, -0.05) is 41.4 Å². The van der Waals surface area contributed by atoms with E-state index in [0.717, 1.165) is 0 Å². The summed E-state index contributed by atoms with van der Waals surface area (Å²) in [7, 11) is 0. The average Bonchev–Trinajstić information content (AvgIpc) is 2.25. The third-order valence-corrected chi connectivity index (χ3v) is 2.34. The van der Waals surface area contributed by atoms with Crippen LogP contribution in [-0.2, 0) is 4.79 Å². The van der Waals surface area contributed by atoms with Crippen molar-refractivity contribution >= 4 is 34.8 Å². The number of rotatable bonds is 3. The van der Waals surface area contributed by atoms with E-state index in [1.807, 2.05) is 6.92 Å². The molecule has 0 aromatic heterocycles. The summed E-state index contributed by atoms with van der Waals surface area (Å²) in [5, 5.41) is 12.5. The SMILES string of the molecule is CC=CC=CC(=O)Nc1cc(Cl)cc(Cl)c1O. The summed E-state index contributed by atoms with van der Waals surface area (Å²) in [6.07, 6.45) is 6.41. The van der Waals surface area contributed by atoms with E-state index in [2.05, 4.69) is 5.32 Å². The highest BCUT2D eigenvalue weighted by Crippen LogP contribution is 2.34. The summed E-state index contributed by atoms with van der Waals surface area (Å²) in [4.78, 5) is 11.4. The summed E-state index contributed by atoms with van der Waals surface area (Å²) in [6, 6.07) is 2.81. The number of aromatic hydroxyl groups is 1. The van der Waals surface area contributed by atoms with Crippen LogP contribution in [0.5, 0.6) is 5.75 Å². The average molecular weight is 272 g/mol. The number of phenols is 1. The number of phenolic OH excluding ortho intramolecular Hbond substituents is 1. The van der Waals surface area contributed by atoms with E-state index in [1.54, 1.807) is 18.2 Å². The first-order valence-electron chi connectivity index (χ1n) is 4.83. The standard InChI is InChI=1S/C12H11Cl2NO2/c1-2-3-4-5-11(16)15-10-7-8(13)6-9(14)12(10)17/h2-7,17H,1H3,(H,15,16). The Bertz CT molecular complexity index is 482. The molecule has 0 aliphatic carbocycles. The van der Waals surface area contributed by atoms with Crippen molar-refractivity contribution < 1.29 is 9.90 Å². The molecule has 1 aromatic rings. The Morgan fingerprint density at radius 1 is 1.35 bits per heavy atom. The van der Waals surface area contributed by atoms with Crippen LogP contribution in [-0.4, -0.2) is 11.0 Å². The molecule has 17 heavy (non-hydrogen) atoms. The van der Waals surface area contributed by atoms with Crippen molar-refractivity contribution in [2.24, 2.45) is 0 Å². The van der Waals surface area contributed by atoms with E-state index in [9.17, 15) is 9.90 Å². The Hall–Kier alpha value is -1.45. The van der Waals surface area contributed by atoms with Crippen LogP contribution in [0.3, 0.4) is 0 Å². The summed E-state index contributed by atoms with van der Waals surface area (Å²) < 4.78 is 0. The minimum absolute atomic E-state index is 0.0882. The number of hydrogen-bond acceptors (Lipinski definition) is 2. The summed E-state index contributed by atoms with van der Waals surface area (Å²) in [5.74, 6) is -0.583. The molecule has 0 unspecified atom stereocenters. The van der Waals surface area contributed by atoms with Crippen LogP contribution in [0.4, 0.5) is 5.69 Å². The molecule has 0 radical (unpaired) electrons. The predicted molar refractivity (Wildman–Crippen MR) is 70.7 cm³/mol. The molecule has 90 valence electrons. The number of amides is 1. The van der Waals surface area contributed by atoms with Crippen LogP contribution in [0.25, 0.3) is 0 Å². The smallest absolute Gasteiger partial charge is 0.248 e. The van der Waals surface area contributed by atoms with Crippen molar-refractivity contribution in [2.45, 2.75) is 6.92 Å².